The Morgan fingerprint density at radius 3 is 2.57 bits per heavy atom. The highest BCUT2D eigenvalue weighted by Gasteiger charge is 2.55. The van der Waals surface area contributed by atoms with Crippen molar-refractivity contribution in [1.82, 2.24) is 30.2 Å². The van der Waals surface area contributed by atoms with Crippen LogP contribution in [0.5, 0.6) is 0 Å². The first-order chi connectivity index (χ1) is 16.9. The summed E-state index contributed by atoms with van der Waals surface area (Å²) in [5, 5.41) is 3.05. The van der Waals surface area contributed by atoms with Gasteiger partial charge in [0.1, 0.15) is 24.5 Å². The Hall–Kier alpha value is -3.63. The van der Waals surface area contributed by atoms with Gasteiger partial charge >= 0.3 is 6.03 Å². The first-order valence-electron chi connectivity index (χ1n) is 12.1. The molecule has 2 fully saturated rings. The van der Waals surface area contributed by atoms with E-state index in [0.717, 1.165) is 42.6 Å². The van der Waals surface area contributed by atoms with E-state index >= 15 is 0 Å². The summed E-state index contributed by atoms with van der Waals surface area (Å²) in [4.78, 5) is 58.2. The maximum atomic E-state index is 13.5. The van der Waals surface area contributed by atoms with Gasteiger partial charge in [0.15, 0.2) is 0 Å². The van der Waals surface area contributed by atoms with Crippen molar-refractivity contribution in [3.8, 4) is 0 Å². The lowest BCUT2D eigenvalue weighted by Crippen LogP contribution is -2.71. The van der Waals surface area contributed by atoms with Gasteiger partial charge < -0.3 is 11.1 Å². The molecule has 1 aliphatic heterocycles. The predicted molar refractivity (Wildman–Crippen MR) is 129 cm³/mol. The van der Waals surface area contributed by atoms with Crippen LogP contribution in [0, 0.1) is 11.8 Å². The van der Waals surface area contributed by atoms with Gasteiger partial charge in [-0.1, -0.05) is 26.2 Å². The minimum absolute atomic E-state index is 0.0355. The minimum atomic E-state index is -0.984. The average molecular weight is 481 g/mol. The number of imide groups is 1. The molecule has 186 valence electrons. The van der Waals surface area contributed by atoms with Gasteiger partial charge in [0.25, 0.3) is 5.91 Å². The van der Waals surface area contributed by atoms with Crippen molar-refractivity contribution >= 4 is 29.6 Å². The van der Waals surface area contributed by atoms with Gasteiger partial charge in [-0.25, -0.2) is 24.7 Å². The van der Waals surface area contributed by atoms with Crippen molar-refractivity contribution in [2.75, 3.05) is 17.7 Å². The molecule has 1 unspecified atom stereocenters. The molecular weight excluding hydrogens is 448 g/mol. The van der Waals surface area contributed by atoms with Gasteiger partial charge in [-0.3, -0.25) is 19.4 Å². The molecule has 1 saturated carbocycles. The Bertz CT molecular complexity index is 1060. The Balaban J connectivity index is 1.56. The third-order valence-corrected chi connectivity index (χ3v) is 7.06. The van der Waals surface area contributed by atoms with Crippen LogP contribution in [0.25, 0.3) is 0 Å². The van der Waals surface area contributed by atoms with E-state index in [0.29, 0.717) is 11.7 Å². The lowest BCUT2D eigenvalue weighted by Gasteiger charge is -2.46. The number of nitrogens with one attached hydrogen (secondary N) is 1. The second kappa shape index (κ2) is 10.7. The summed E-state index contributed by atoms with van der Waals surface area (Å²) < 4.78 is 0. The van der Waals surface area contributed by atoms with Crippen LogP contribution in [-0.4, -0.2) is 61.8 Å². The van der Waals surface area contributed by atoms with Crippen LogP contribution in [0.3, 0.4) is 0 Å². The molecule has 2 aromatic heterocycles. The number of likely N-dealkylation sites (tertiary alicyclic amines) is 1. The standard InChI is InChI=1S/C24H32N8O3/c1-3-18(16-7-5-4-6-8-16)30-24(35)32-20(22(34)31(2)23-28-13-26-14-29-23)17(21(32)33)11-15-9-10-27-19(25)12-15/h9-10,12-14,16-18,20H,3-8,11H2,1-2H3,(H2,25,27)(H,30,35)/t17?,18-,20+/m1/s1. The molecule has 2 aromatic rings. The largest absolute Gasteiger partial charge is 0.384 e. The molecule has 3 N–H and O–H groups in total. The minimum Gasteiger partial charge on any atom is -0.384 e. The molecule has 4 amide bonds. The molecule has 1 aliphatic carbocycles. The number of likely N-dealkylation sites (N-methyl/N-ethyl adjacent to an activating group) is 1. The average Bonchev–Trinajstić information content (AvgIpc) is 2.89. The van der Waals surface area contributed by atoms with Gasteiger partial charge in [0.2, 0.25) is 11.9 Å². The first kappa shape index (κ1) is 24.5. The molecule has 2 aliphatic rings. The molecule has 11 heteroatoms. The van der Waals surface area contributed by atoms with Crippen molar-refractivity contribution in [2.24, 2.45) is 11.8 Å². The number of nitrogens with zero attached hydrogens (tertiary/aromatic N) is 6. The Morgan fingerprint density at radius 2 is 1.91 bits per heavy atom. The maximum absolute atomic E-state index is 13.5. The number of hydrogen-bond acceptors (Lipinski definition) is 8. The third kappa shape index (κ3) is 5.23. The first-order valence-corrected chi connectivity index (χ1v) is 12.1. The third-order valence-electron chi connectivity index (χ3n) is 7.06. The molecule has 0 bridgehead atoms. The van der Waals surface area contributed by atoms with Crippen LogP contribution in [0.4, 0.5) is 16.6 Å². The summed E-state index contributed by atoms with van der Waals surface area (Å²) in [7, 11) is 1.52. The van der Waals surface area contributed by atoms with E-state index in [9.17, 15) is 14.4 Å². The number of anilines is 2. The normalized spacial score (nSPS) is 21.2. The number of urea groups is 1. The van der Waals surface area contributed by atoms with Crippen LogP contribution >= 0.6 is 0 Å². The molecule has 35 heavy (non-hydrogen) atoms. The maximum Gasteiger partial charge on any atom is 0.325 e. The zero-order valence-electron chi connectivity index (χ0n) is 20.1. The van der Waals surface area contributed by atoms with Crippen LogP contribution in [0.15, 0.2) is 31.0 Å². The molecule has 0 aromatic carbocycles. The predicted octanol–water partition coefficient (Wildman–Crippen LogP) is 1.95. The number of hydrogen-bond donors (Lipinski definition) is 2. The highest BCUT2D eigenvalue weighted by atomic mass is 16.2. The number of carbonyl (C=O) groups is 3. The quantitative estimate of drug-likeness (QED) is 0.572. The molecule has 0 radical (unpaired) electrons. The topological polar surface area (TPSA) is 147 Å². The number of nitrogen functional groups attached to an aromatic ring is 1. The molecule has 0 spiro atoms. The zero-order chi connectivity index (χ0) is 24.9. The number of rotatable bonds is 7. The number of carbonyl (C=O) groups excluding carboxylic acids is 3. The lowest BCUT2D eigenvalue weighted by atomic mass is 9.81. The second-order valence-corrected chi connectivity index (χ2v) is 9.25. The van der Waals surface area contributed by atoms with Crippen molar-refractivity contribution in [3.05, 3.63) is 36.5 Å². The van der Waals surface area contributed by atoms with E-state index in [1.165, 1.54) is 31.0 Å². The van der Waals surface area contributed by atoms with Gasteiger partial charge in [0, 0.05) is 19.3 Å². The number of aromatic nitrogens is 4. The molecular formula is C24H32N8O3. The summed E-state index contributed by atoms with van der Waals surface area (Å²) >= 11 is 0. The van der Waals surface area contributed by atoms with E-state index < -0.39 is 29.8 Å². The van der Waals surface area contributed by atoms with Gasteiger partial charge in [-0.2, -0.15) is 0 Å². The number of pyridine rings is 1. The van der Waals surface area contributed by atoms with E-state index in [1.54, 1.807) is 18.3 Å². The van der Waals surface area contributed by atoms with Gasteiger partial charge in [0.05, 0.1) is 5.92 Å². The van der Waals surface area contributed by atoms with Crippen LogP contribution in [0.2, 0.25) is 0 Å². The molecule has 3 heterocycles. The van der Waals surface area contributed by atoms with Crippen LogP contribution < -0.4 is 16.0 Å². The summed E-state index contributed by atoms with van der Waals surface area (Å²) in [5.41, 5.74) is 6.56. The molecule has 4 rings (SSSR count). The van der Waals surface area contributed by atoms with Gasteiger partial charge in [-0.15, -0.1) is 0 Å². The van der Waals surface area contributed by atoms with Crippen LogP contribution in [-0.2, 0) is 16.0 Å². The lowest BCUT2D eigenvalue weighted by molar-refractivity contribution is -0.156. The van der Waals surface area contributed by atoms with Crippen molar-refractivity contribution in [1.29, 1.82) is 0 Å². The summed E-state index contributed by atoms with van der Waals surface area (Å²) in [6.07, 6.45) is 10.8. The summed E-state index contributed by atoms with van der Waals surface area (Å²) in [6.45, 7) is 2.03. The monoisotopic (exact) mass is 480 g/mol. The van der Waals surface area contributed by atoms with Crippen molar-refractivity contribution in [2.45, 2.75) is 64.0 Å². The Labute approximate surface area is 204 Å². The fraction of sp³-hybridized carbons (Fsp3) is 0.542. The van der Waals surface area contributed by atoms with Crippen molar-refractivity contribution < 1.29 is 14.4 Å². The fourth-order valence-electron chi connectivity index (χ4n) is 5.15. The zero-order valence-corrected chi connectivity index (χ0v) is 20.1. The molecule has 11 nitrogen and oxygen atoms in total. The Kier molecular flexibility index (Phi) is 7.52. The summed E-state index contributed by atoms with van der Waals surface area (Å²) in [6, 6.07) is 1.87. The van der Waals surface area contributed by atoms with Crippen molar-refractivity contribution in [3.63, 3.8) is 0 Å². The number of amides is 4. The highest BCUT2D eigenvalue weighted by Crippen LogP contribution is 2.33. The summed E-state index contributed by atoms with van der Waals surface area (Å²) in [5.74, 6) is -0.694. The van der Waals surface area contributed by atoms with Crippen LogP contribution in [0.1, 0.15) is 51.0 Å². The Morgan fingerprint density at radius 1 is 1.20 bits per heavy atom. The highest BCUT2D eigenvalue weighted by molar-refractivity contribution is 6.12. The van der Waals surface area contributed by atoms with E-state index in [-0.39, 0.29) is 18.4 Å². The van der Waals surface area contributed by atoms with Gasteiger partial charge in [-0.05, 0) is 49.3 Å². The number of β-lactam (4-membered cyclic amide) rings is 1. The molecule has 3 atom stereocenters. The van der Waals surface area contributed by atoms with E-state index in [2.05, 4.69) is 25.3 Å². The molecule has 1 saturated heterocycles. The smallest absolute Gasteiger partial charge is 0.325 e. The van der Waals surface area contributed by atoms with E-state index in [1.807, 2.05) is 6.92 Å². The number of nitrogens with two attached hydrogens (primary N) is 1. The van der Waals surface area contributed by atoms with E-state index in [4.69, 9.17) is 5.73 Å². The second-order valence-electron chi connectivity index (χ2n) is 9.25. The fourth-order valence-corrected chi connectivity index (χ4v) is 5.15. The SMILES string of the molecule is CC[C@@H](NC(=O)N1C(=O)C(Cc2ccnc(N)c2)[C@H]1C(=O)N(C)c1ncncn1)C1CCCCC1.